The van der Waals surface area contributed by atoms with Gasteiger partial charge in [-0.1, -0.05) is 12.8 Å². The topological polar surface area (TPSA) is 149 Å². The number of carboxylic acid groups (broad SMARTS) is 4. The first-order chi connectivity index (χ1) is 9.69. The van der Waals surface area contributed by atoms with Crippen LogP contribution < -0.4 is 0 Å². The van der Waals surface area contributed by atoms with E-state index in [1.807, 2.05) is 0 Å². The Morgan fingerprint density at radius 2 is 1.05 bits per heavy atom. The molecule has 4 N–H and O–H groups in total. The minimum atomic E-state index is -2.84. The lowest BCUT2D eigenvalue weighted by atomic mass is 9.55. The molecule has 1 spiro atoms. The largest absolute Gasteiger partial charge is 0.480 e. The molecule has 2 aliphatic carbocycles. The van der Waals surface area contributed by atoms with Crippen molar-refractivity contribution in [2.24, 2.45) is 16.2 Å². The Hall–Kier alpha value is -2.12. The van der Waals surface area contributed by atoms with E-state index < -0.39 is 46.5 Å². The highest BCUT2D eigenvalue weighted by Gasteiger charge is 2.82. The molecular formula is C13H16O8. The summed E-state index contributed by atoms with van der Waals surface area (Å²) in [6.45, 7) is 0. The van der Waals surface area contributed by atoms with Crippen LogP contribution in [-0.4, -0.2) is 44.3 Å². The van der Waals surface area contributed by atoms with E-state index in [9.17, 15) is 39.6 Å². The van der Waals surface area contributed by atoms with Crippen LogP contribution in [0.5, 0.6) is 0 Å². The fraction of sp³-hybridized carbons (Fsp3) is 0.692. The molecule has 2 fully saturated rings. The highest BCUT2D eigenvalue weighted by molar-refractivity contribution is 6.14. The fourth-order valence-electron chi connectivity index (χ4n) is 4.47. The lowest BCUT2D eigenvalue weighted by molar-refractivity contribution is -0.200. The zero-order chi connectivity index (χ0) is 16.1. The Balaban J connectivity index is 2.84. The van der Waals surface area contributed by atoms with E-state index in [4.69, 9.17) is 0 Å². The van der Waals surface area contributed by atoms with Gasteiger partial charge in [0.05, 0.1) is 0 Å². The summed E-state index contributed by atoms with van der Waals surface area (Å²) in [5, 5.41) is 38.0. The molecule has 0 atom stereocenters. The standard InChI is InChI=1S/C13H16O8/c14-7(15)12(8(16)17)6-5-11(3-1-2-4-11)13(12,9(18)19)10(20)21/h1-6H2,(H,14,15)(H,16,17)(H,18,19)(H,20,21). The molecule has 2 aliphatic rings. The lowest BCUT2D eigenvalue weighted by Crippen LogP contribution is -2.63. The summed E-state index contributed by atoms with van der Waals surface area (Å²) in [5.74, 6) is -7.55. The monoisotopic (exact) mass is 300 g/mol. The number of aliphatic carboxylic acids is 4. The molecule has 8 heteroatoms. The average molecular weight is 300 g/mol. The van der Waals surface area contributed by atoms with Crippen LogP contribution in [0.3, 0.4) is 0 Å². The van der Waals surface area contributed by atoms with Crippen molar-refractivity contribution in [3.05, 3.63) is 0 Å². The summed E-state index contributed by atoms with van der Waals surface area (Å²) in [4.78, 5) is 46.9. The summed E-state index contributed by atoms with van der Waals surface area (Å²) < 4.78 is 0. The quantitative estimate of drug-likeness (QED) is 0.553. The first-order valence-electron chi connectivity index (χ1n) is 6.63. The Bertz CT molecular complexity index is 500. The Morgan fingerprint density at radius 1 is 0.619 bits per heavy atom. The molecule has 0 aromatic heterocycles. The third kappa shape index (κ3) is 1.44. The van der Waals surface area contributed by atoms with E-state index >= 15 is 0 Å². The molecule has 2 saturated carbocycles. The molecule has 0 radical (unpaired) electrons. The second-order valence-corrected chi connectivity index (χ2v) is 5.86. The van der Waals surface area contributed by atoms with E-state index in [1.54, 1.807) is 0 Å². The second kappa shape index (κ2) is 4.44. The molecule has 0 heterocycles. The molecule has 0 aromatic rings. The second-order valence-electron chi connectivity index (χ2n) is 5.86. The molecule has 0 bridgehead atoms. The maximum absolute atomic E-state index is 11.8. The Kier molecular flexibility index (Phi) is 3.23. The maximum atomic E-state index is 11.8. The number of carbonyl (C=O) groups is 4. The zero-order valence-electron chi connectivity index (χ0n) is 11.2. The fourth-order valence-corrected chi connectivity index (χ4v) is 4.47. The van der Waals surface area contributed by atoms with Crippen LogP contribution in [-0.2, 0) is 19.2 Å². The molecule has 0 aromatic carbocycles. The van der Waals surface area contributed by atoms with Crippen molar-refractivity contribution in [3.63, 3.8) is 0 Å². The van der Waals surface area contributed by atoms with Gasteiger partial charge in [-0.2, -0.15) is 0 Å². The third-order valence-corrected chi connectivity index (χ3v) is 5.35. The predicted octanol–water partition coefficient (Wildman–Crippen LogP) is 0.652. The van der Waals surface area contributed by atoms with Gasteiger partial charge in [-0.3, -0.25) is 19.2 Å². The molecule has 0 saturated heterocycles. The molecule has 2 rings (SSSR count). The number of hydrogen-bond donors (Lipinski definition) is 4. The zero-order valence-corrected chi connectivity index (χ0v) is 11.2. The molecule has 0 aliphatic heterocycles. The van der Waals surface area contributed by atoms with Crippen LogP contribution >= 0.6 is 0 Å². The van der Waals surface area contributed by atoms with Crippen molar-refractivity contribution in [2.75, 3.05) is 0 Å². The van der Waals surface area contributed by atoms with Crippen LogP contribution in [0.4, 0.5) is 0 Å². The Morgan fingerprint density at radius 3 is 1.38 bits per heavy atom. The van der Waals surface area contributed by atoms with Crippen LogP contribution in [0.25, 0.3) is 0 Å². The van der Waals surface area contributed by atoms with Gasteiger partial charge in [0.15, 0.2) is 10.8 Å². The number of hydrogen-bond acceptors (Lipinski definition) is 4. The van der Waals surface area contributed by atoms with Gasteiger partial charge in [-0.25, -0.2) is 0 Å². The van der Waals surface area contributed by atoms with Crippen molar-refractivity contribution < 1.29 is 39.6 Å². The van der Waals surface area contributed by atoms with Crippen LogP contribution in [0, 0.1) is 16.2 Å². The molecule has 0 amide bonds. The van der Waals surface area contributed by atoms with Gasteiger partial charge in [-0.15, -0.1) is 0 Å². The van der Waals surface area contributed by atoms with Gasteiger partial charge < -0.3 is 20.4 Å². The van der Waals surface area contributed by atoms with Crippen LogP contribution in [0.2, 0.25) is 0 Å². The smallest absolute Gasteiger partial charge is 0.323 e. The lowest BCUT2D eigenvalue weighted by Gasteiger charge is -2.42. The summed E-state index contributed by atoms with van der Waals surface area (Å²) in [6.07, 6.45) is 1.05. The van der Waals surface area contributed by atoms with E-state index in [2.05, 4.69) is 0 Å². The predicted molar refractivity (Wildman–Crippen MR) is 65.5 cm³/mol. The van der Waals surface area contributed by atoms with Gasteiger partial charge in [0.1, 0.15) is 0 Å². The maximum Gasteiger partial charge on any atom is 0.323 e. The normalized spacial score (nSPS) is 24.8. The summed E-state index contributed by atoms with van der Waals surface area (Å²) >= 11 is 0. The molecule has 116 valence electrons. The van der Waals surface area contributed by atoms with Crippen molar-refractivity contribution in [1.29, 1.82) is 0 Å². The minimum absolute atomic E-state index is 0.0236. The highest BCUT2D eigenvalue weighted by atomic mass is 16.4. The van der Waals surface area contributed by atoms with E-state index in [0.717, 1.165) is 0 Å². The average Bonchev–Trinajstić information content (AvgIpc) is 2.94. The van der Waals surface area contributed by atoms with E-state index in [-0.39, 0.29) is 19.3 Å². The van der Waals surface area contributed by atoms with Gasteiger partial charge in [0.2, 0.25) is 0 Å². The summed E-state index contributed by atoms with van der Waals surface area (Å²) in [6, 6.07) is 0. The Labute approximate surface area is 119 Å². The van der Waals surface area contributed by atoms with Crippen molar-refractivity contribution in [2.45, 2.75) is 38.5 Å². The SMILES string of the molecule is O=C(O)C1(C(=O)O)CCC2(CCCC2)C1(C(=O)O)C(=O)O. The van der Waals surface area contributed by atoms with Gasteiger partial charge in [0, 0.05) is 0 Å². The van der Waals surface area contributed by atoms with Crippen LogP contribution in [0.1, 0.15) is 38.5 Å². The van der Waals surface area contributed by atoms with Crippen molar-refractivity contribution >= 4 is 23.9 Å². The molecule has 21 heavy (non-hydrogen) atoms. The first-order valence-corrected chi connectivity index (χ1v) is 6.63. The summed E-state index contributed by atoms with van der Waals surface area (Å²) in [7, 11) is 0. The van der Waals surface area contributed by atoms with Crippen molar-refractivity contribution in [1.82, 2.24) is 0 Å². The third-order valence-electron chi connectivity index (χ3n) is 5.35. The van der Waals surface area contributed by atoms with E-state index in [0.29, 0.717) is 12.8 Å². The molecule has 8 nitrogen and oxygen atoms in total. The molecular weight excluding hydrogens is 284 g/mol. The molecule has 0 unspecified atom stereocenters. The van der Waals surface area contributed by atoms with Gasteiger partial charge in [-0.05, 0) is 31.1 Å². The van der Waals surface area contributed by atoms with Gasteiger partial charge >= 0.3 is 23.9 Å². The first kappa shape index (κ1) is 15.3. The minimum Gasteiger partial charge on any atom is -0.480 e. The summed E-state index contributed by atoms with van der Waals surface area (Å²) in [5.41, 5.74) is -7.00. The van der Waals surface area contributed by atoms with Gasteiger partial charge in [0.25, 0.3) is 0 Å². The highest BCUT2D eigenvalue weighted by Crippen LogP contribution is 2.69. The van der Waals surface area contributed by atoms with E-state index in [1.165, 1.54) is 0 Å². The number of carboxylic acids is 4. The number of rotatable bonds is 4. The van der Waals surface area contributed by atoms with Crippen molar-refractivity contribution in [3.8, 4) is 0 Å². The van der Waals surface area contributed by atoms with Crippen LogP contribution in [0.15, 0.2) is 0 Å².